The van der Waals surface area contributed by atoms with Crippen molar-refractivity contribution in [3.63, 3.8) is 0 Å². The van der Waals surface area contributed by atoms with Crippen LogP contribution in [0, 0.1) is 11.3 Å². The molecule has 0 unspecified atom stereocenters. The Hall–Kier alpha value is -6.97. The van der Waals surface area contributed by atoms with Crippen LogP contribution in [0.15, 0.2) is 158 Å². The monoisotopic (exact) mass is 626 g/mol. The van der Waals surface area contributed by atoms with E-state index in [4.69, 9.17) is 19.9 Å². The molecule has 0 bridgehead atoms. The predicted octanol–water partition coefficient (Wildman–Crippen LogP) is 10.1. The van der Waals surface area contributed by atoms with Gasteiger partial charge in [0.15, 0.2) is 17.5 Å². The lowest BCUT2D eigenvalue weighted by atomic mass is 10.0. The molecule has 6 nitrogen and oxygen atoms in total. The van der Waals surface area contributed by atoms with E-state index in [1.165, 1.54) is 10.8 Å². The van der Waals surface area contributed by atoms with Crippen LogP contribution in [0.3, 0.4) is 0 Å². The largest absolute Gasteiger partial charge is 0.309 e. The molecule has 3 heterocycles. The SMILES string of the molecule is N#Cc1ccc2c(c1)c1cc(-c3ccc(-c4nc(-c5ccccc5)nc(-c5ccccc5)n4)nc3)ccc1n2-c1cccc2ccccc12. The van der Waals surface area contributed by atoms with Crippen LogP contribution >= 0.6 is 0 Å². The van der Waals surface area contributed by atoms with Gasteiger partial charge in [0.2, 0.25) is 0 Å². The first-order valence-electron chi connectivity index (χ1n) is 16.0. The quantitative estimate of drug-likeness (QED) is 0.190. The lowest BCUT2D eigenvalue weighted by Crippen LogP contribution is -2.01. The van der Waals surface area contributed by atoms with Crippen molar-refractivity contribution in [2.24, 2.45) is 0 Å². The Kier molecular flexibility index (Phi) is 6.74. The zero-order chi connectivity index (χ0) is 32.7. The van der Waals surface area contributed by atoms with Crippen LogP contribution in [0.25, 0.3) is 83.7 Å². The molecule has 0 fully saturated rings. The van der Waals surface area contributed by atoms with Gasteiger partial charge < -0.3 is 4.57 Å². The van der Waals surface area contributed by atoms with Crippen molar-refractivity contribution in [1.29, 1.82) is 5.26 Å². The average molecular weight is 627 g/mol. The van der Waals surface area contributed by atoms with Gasteiger partial charge >= 0.3 is 0 Å². The number of fused-ring (bicyclic) bond motifs is 4. The molecule has 0 aliphatic heterocycles. The normalized spacial score (nSPS) is 11.2. The molecule has 6 aromatic carbocycles. The molecule has 0 aliphatic carbocycles. The number of rotatable bonds is 5. The summed E-state index contributed by atoms with van der Waals surface area (Å²) in [5.74, 6) is 1.71. The number of aromatic nitrogens is 5. The summed E-state index contributed by atoms with van der Waals surface area (Å²) in [5, 5.41) is 14.2. The lowest BCUT2D eigenvalue weighted by molar-refractivity contribution is 1.06. The molecule has 9 aromatic rings. The molecule has 0 amide bonds. The summed E-state index contributed by atoms with van der Waals surface area (Å²) in [6, 6.07) is 53.4. The van der Waals surface area contributed by atoms with E-state index in [-0.39, 0.29) is 0 Å². The second-order valence-corrected chi connectivity index (χ2v) is 11.9. The summed E-state index contributed by atoms with van der Waals surface area (Å²) in [6.07, 6.45) is 1.87. The first-order valence-corrected chi connectivity index (χ1v) is 16.0. The Bertz CT molecular complexity index is 2650. The highest BCUT2D eigenvalue weighted by Crippen LogP contribution is 2.37. The van der Waals surface area contributed by atoms with Gasteiger partial charge in [-0.05, 0) is 53.4 Å². The van der Waals surface area contributed by atoms with Crippen molar-refractivity contribution >= 4 is 32.6 Å². The van der Waals surface area contributed by atoms with Gasteiger partial charge in [0.25, 0.3) is 0 Å². The standard InChI is InChI=1S/C43H26N6/c44-26-28-18-22-39-35(24-28)36-25-32(20-23-40(36)49(39)38-17-9-15-29-10-7-8-16-34(29)38)33-19-21-37(45-27-33)43-47-41(30-11-3-1-4-12-30)46-42(48-43)31-13-5-2-6-14-31/h1-25,27H. The number of hydrogen-bond acceptors (Lipinski definition) is 5. The third-order valence-corrected chi connectivity index (χ3v) is 8.93. The number of hydrogen-bond donors (Lipinski definition) is 0. The minimum Gasteiger partial charge on any atom is -0.309 e. The molecule has 0 spiro atoms. The summed E-state index contributed by atoms with van der Waals surface area (Å²) in [4.78, 5) is 19.3. The van der Waals surface area contributed by atoms with Crippen LogP contribution < -0.4 is 0 Å². The van der Waals surface area contributed by atoms with E-state index in [0.29, 0.717) is 28.7 Å². The smallest absolute Gasteiger partial charge is 0.182 e. The minimum atomic E-state index is 0.511. The van der Waals surface area contributed by atoms with Crippen LogP contribution in [0.5, 0.6) is 0 Å². The van der Waals surface area contributed by atoms with E-state index in [9.17, 15) is 5.26 Å². The lowest BCUT2D eigenvalue weighted by Gasteiger charge is -2.12. The molecule has 0 saturated carbocycles. The Labute approximate surface area is 282 Å². The maximum absolute atomic E-state index is 9.77. The Morgan fingerprint density at radius 3 is 1.78 bits per heavy atom. The highest BCUT2D eigenvalue weighted by molar-refractivity contribution is 6.12. The molecule has 49 heavy (non-hydrogen) atoms. The summed E-state index contributed by atoms with van der Waals surface area (Å²) < 4.78 is 2.30. The Morgan fingerprint density at radius 1 is 0.469 bits per heavy atom. The summed E-state index contributed by atoms with van der Waals surface area (Å²) in [6.45, 7) is 0. The third-order valence-electron chi connectivity index (χ3n) is 8.93. The Balaban J connectivity index is 1.16. The molecular formula is C43H26N6. The fourth-order valence-electron chi connectivity index (χ4n) is 6.56. The van der Waals surface area contributed by atoms with Crippen molar-refractivity contribution < 1.29 is 0 Å². The van der Waals surface area contributed by atoms with E-state index in [1.54, 1.807) is 0 Å². The van der Waals surface area contributed by atoms with Crippen molar-refractivity contribution in [2.75, 3.05) is 0 Å². The topological polar surface area (TPSA) is 80.3 Å². The molecule has 9 rings (SSSR count). The van der Waals surface area contributed by atoms with Crippen LogP contribution in [0.1, 0.15) is 5.56 Å². The fraction of sp³-hybridized carbons (Fsp3) is 0. The first kappa shape index (κ1) is 28.3. The first-order chi connectivity index (χ1) is 24.2. The van der Waals surface area contributed by atoms with Gasteiger partial charge in [-0.25, -0.2) is 15.0 Å². The van der Waals surface area contributed by atoms with Gasteiger partial charge in [0, 0.05) is 39.0 Å². The van der Waals surface area contributed by atoms with E-state index in [0.717, 1.165) is 49.7 Å². The van der Waals surface area contributed by atoms with Crippen LogP contribution in [-0.2, 0) is 0 Å². The maximum Gasteiger partial charge on any atom is 0.182 e. The summed E-state index contributed by atoms with van der Waals surface area (Å²) >= 11 is 0. The van der Waals surface area contributed by atoms with E-state index in [1.807, 2.05) is 91.1 Å². The molecule has 0 radical (unpaired) electrons. The molecule has 0 aliphatic rings. The van der Waals surface area contributed by atoms with Gasteiger partial charge in [-0.2, -0.15) is 5.26 Å². The van der Waals surface area contributed by atoms with E-state index < -0.39 is 0 Å². The number of nitriles is 1. The van der Waals surface area contributed by atoms with E-state index in [2.05, 4.69) is 77.4 Å². The van der Waals surface area contributed by atoms with Gasteiger partial charge in [-0.15, -0.1) is 0 Å². The zero-order valence-corrected chi connectivity index (χ0v) is 26.2. The molecule has 6 heteroatoms. The van der Waals surface area contributed by atoms with Crippen LogP contribution in [-0.4, -0.2) is 24.5 Å². The zero-order valence-electron chi connectivity index (χ0n) is 26.2. The van der Waals surface area contributed by atoms with Crippen LogP contribution in [0.2, 0.25) is 0 Å². The molecule has 0 atom stereocenters. The number of pyridine rings is 1. The minimum absolute atomic E-state index is 0.511. The maximum atomic E-state index is 9.77. The van der Waals surface area contributed by atoms with Crippen molar-refractivity contribution in [3.8, 4) is 57.2 Å². The molecule has 228 valence electrons. The Morgan fingerprint density at radius 2 is 1.08 bits per heavy atom. The summed E-state index contributed by atoms with van der Waals surface area (Å²) in [5.41, 5.74) is 8.33. The predicted molar refractivity (Wildman–Crippen MR) is 196 cm³/mol. The van der Waals surface area contributed by atoms with Gasteiger partial charge in [0.05, 0.1) is 28.4 Å². The molecule has 0 saturated heterocycles. The van der Waals surface area contributed by atoms with E-state index >= 15 is 0 Å². The van der Waals surface area contributed by atoms with Gasteiger partial charge in [0.1, 0.15) is 5.69 Å². The third kappa shape index (κ3) is 4.98. The molecule has 3 aromatic heterocycles. The summed E-state index contributed by atoms with van der Waals surface area (Å²) in [7, 11) is 0. The second kappa shape index (κ2) is 11.7. The number of nitrogens with zero attached hydrogens (tertiary/aromatic N) is 6. The second-order valence-electron chi connectivity index (χ2n) is 11.9. The van der Waals surface area contributed by atoms with Crippen molar-refractivity contribution in [3.05, 3.63) is 163 Å². The average Bonchev–Trinajstić information content (AvgIpc) is 3.51. The number of benzene rings is 6. The van der Waals surface area contributed by atoms with Gasteiger partial charge in [-0.1, -0.05) is 109 Å². The van der Waals surface area contributed by atoms with Gasteiger partial charge in [-0.3, -0.25) is 4.98 Å². The fourth-order valence-corrected chi connectivity index (χ4v) is 6.56. The van der Waals surface area contributed by atoms with Crippen molar-refractivity contribution in [1.82, 2.24) is 24.5 Å². The van der Waals surface area contributed by atoms with Crippen LogP contribution in [0.4, 0.5) is 0 Å². The van der Waals surface area contributed by atoms with Crippen molar-refractivity contribution in [2.45, 2.75) is 0 Å². The molecular weight excluding hydrogens is 601 g/mol. The highest BCUT2D eigenvalue weighted by Gasteiger charge is 2.17. The molecule has 0 N–H and O–H groups in total. The highest BCUT2D eigenvalue weighted by atomic mass is 15.0.